The molecule has 4 heteroatoms. The van der Waals surface area contributed by atoms with Gasteiger partial charge in [0.25, 0.3) is 0 Å². The van der Waals surface area contributed by atoms with Crippen molar-refractivity contribution in [3.63, 3.8) is 0 Å². The molecule has 2 rings (SSSR count). The average molecular weight is 262 g/mol. The molecule has 4 nitrogen and oxygen atoms in total. The lowest BCUT2D eigenvalue weighted by molar-refractivity contribution is -0.126. The van der Waals surface area contributed by atoms with E-state index in [1.54, 1.807) is 6.07 Å². The van der Waals surface area contributed by atoms with E-state index in [1.807, 2.05) is 26.0 Å². The second-order valence-corrected chi connectivity index (χ2v) is 5.47. The number of nitrogens with one attached hydrogen (secondary N) is 2. The van der Waals surface area contributed by atoms with Crippen LogP contribution in [0.3, 0.4) is 0 Å². The number of hydrogen-bond donors (Lipinski definition) is 3. The number of phenols is 1. The molecule has 104 valence electrons. The van der Waals surface area contributed by atoms with Crippen molar-refractivity contribution in [2.45, 2.75) is 33.1 Å². The number of anilines is 1. The van der Waals surface area contributed by atoms with Crippen molar-refractivity contribution in [2.24, 2.45) is 5.41 Å². The molecule has 1 aliphatic heterocycles. The van der Waals surface area contributed by atoms with Crippen LogP contribution < -0.4 is 10.6 Å². The first-order valence-electron chi connectivity index (χ1n) is 6.89. The van der Waals surface area contributed by atoms with Gasteiger partial charge in [0.15, 0.2) is 0 Å². The lowest BCUT2D eigenvalue weighted by atomic mass is 9.80. The minimum atomic E-state index is -0.347. The molecule has 0 bridgehead atoms. The molecule has 19 heavy (non-hydrogen) atoms. The Bertz CT molecular complexity index is 465. The third-order valence-electron chi connectivity index (χ3n) is 3.97. The van der Waals surface area contributed by atoms with E-state index in [-0.39, 0.29) is 17.1 Å². The highest BCUT2D eigenvalue weighted by Gasteiger charge is 2.34. The van der Waals surface area contributed by atoms with Crippen molar-refractivity contribution < 1.29 is 9.90 Å². The van der Waals surface area contributed by atoms with Crippen LogP contribution in [0.5, 0.6) is 5.75 Å². The summed E-state index contributed by atoms with van der Waals surface area (Å²) in [6.07, 6.45) is 2.53. The molecule has 1 fully saturated rings. The van der Waals surface area contributed by atoms with E-state index in [9.17, 15) is 9.90 Å². The number of benzene rings is 1. The zero-order valence-corrected chi connectivity index (χ0v) is 11.6. The van der Waals surface area contributed by atoms with Crippen LogP contribution in [-0.2, 0) is 11.2 Å². The fraction of sp³-hybridized carbons (Fsp3) is 0.533. The number of phenolic OH excluding ortho intramolecular Hbond substituents is 1. The van der Waals surface area contributed by atoms with Gasteiger partial charge < -0.3 is 15.7 Å². The summed E-state index contributed by atoms with van der Waals surface area (Å²) in [5.41, 5.74) is 1.27. The fourth-order valence-corrected chi connectivity index (χ4v) is 2.38. The molecule has 1 aromatic rings. The zero-order valence-electron chi connectivity index (χ0n) is 11.6. The maximum absolute atomic E-state index is 12.4. The Morgan fingerprint density at radius 2 is 2.11 bits per heavy atom. The Labute approximate surface area is 114 Å². The summed E-state index contributed by atoms with van der Waals surface area (Å²) >= 11 is 0. The Morgan fingerprint density at radius 3 is 2.74 bits per heavy atom. The van der Waals surface area contributed by atoms with Crippen LogP contribution in [0, 0.1) is 5.41 Å². The predicted octanol–water partition coefficient (Wildman–Crippen LogP) is 2.28. The number of carbonyl (C=O) groups excluding carboxylic acids is 1. The highest BCUT2D eigenvalue weighted by atomic mass is 16.3. The second kappa shape index (κ2) is 5.61. The number of aryl methyl sites for hydroxylation is 1. The van der Waals surface area contributed by atoms with Crippen LogP contribution >= 0.6 is 0 Å². The lowest BCUT2D eigenvalue weighted by Gasteiger charge is -2.32. The second-order valence-electron chi connectivity index (χ2n) is 5.47. The van der Waals surface area contributed by atoms with Crippen molar-refractivity contribution in [2.75, 3.05) is 18.4 Å². The van der Waals surface area contributed by atoms with Crippen LogP contribution in [0.15, 0.2) is 18.2 Å². The summed E-state index contributed by atoms with van der Waals surface area (Å²) < 4.78 is 0. The molecule has 1 heterocycles. The molecule has 1 amide bonds. The molecule has 0 spiro atoms. The number of carbonyl (C=O) groups is 1. The summed E-state index contributed by atoms with van der Waals surface area (Å²) in [4.78, 5) is 12.4. The van der Waals surface area contributed by atoms with Gasteiger partial charge in [-0.05, 0) is 50.0 Å². The molecule has 3 N–H and O–H groups in total. The Kier molecular flexibility index (Phi) is 4.10. The van der Waals surface area contributed by atoms with Crippen molar-refractivity contribution in [3.05, 3.63) is 23.8 Å². The third-order valence-corrected chi connectivity index (χ3v) is 3.97. The number of amides is 1. The standard InChI is InChI=1S/C15H22N2O2/c1-3-11-4-5-13(18)12(10-11)17-14(19)15(2)6-8-16-9-7-15/h4-5,10,16,18H,3,6-9H2,1-2H3,(H,17,19). The van der Waals surface area contributed by atoms with E-state index < -0.39 is 0 Å². The molecular weight excluding hydrogens is 240 g/mol. The number of hydrogen-bond acceptors (Lipinski definition) is 3. The monoisotopic (exact) mass is 262 g/mol. The summed E-state index contributed by atoms with van der Waals surface area (Å²) in [7, 11) is 0. The smallest absolute Gasteiger partial charge is 0.230 e. The molecule has 0 radical (unpaired) electrons. The minimum absolute atomic E-state index is 0.00227. The fourth-order valence-electron chi connectivity index (χ4n) is 2.38. The molecule has 0 aliphatic carbocycles. The Hall–Kier alpha value is -1.55. The molecule has 1 aromatic carbocycles. The van der Waals surface area contributed by atoms with Crippen LogP contribution in [0.4, 0.5) is 5.69 Å². The van der Waals surface area contributed by atoms with E-state index >= 15 is 0 Å². The molecule has 0 aromatic heterocycles. The number of piperidine rings is 1. The molecule has 0 unspecified atom stereocenters. The van der Waals surface area contributed by atoms with Gasteiger partial charge in [-0.1, -0.05) is 19.9 Å². The van der Waals surface area contributed by atoms with Crippen LogP contribution in [-0.4, -0.2) is 24.1 Å². The first kappa shape index (κ1) is 13.9. The van der Waals surface area contributed by atoms with Gasteiger partial charge >= 0.3 is 0 Å². The van der Waals surface area contributed by atoms with Gasteiger partial charge in [-0.3, -0.25) is 4.79 Å². The van der Waals surface area contributed by atoms with E-state index in [2.05, 4.69) is 10.6 Å². The zero-order chi connectivity index (χ0) is 13.9. The first-order valence-corrected chi connectivity index (χ1v) is 6.89. The highest BCUT2D eigenvalue weighted by molar-refractivity contribution is 5.96. The maximum atomic E-state index is 12.4. The van der Waals surface area contributed by atoms with Crippen molar-refractivity contribution in [1.29, 1.82) is 0 Å². The molecule has 1 saturated heterocycles. The van der Waals surface area contributed by atoms with Crippen molar-refractivity contribution in [3.8, 4) is 5.75 Å². The van der Waals surface area contributed by atoms with Crippen LogP contribution in [0.2, 0.25) is 0 Å². The molecule has 0 atom stereocenters. The summed E-state index contributed by atoms with van der Waals surface area (Å²) in [6.45, 7) is 5.77. The topological polar surface area (TPSA) is 61.4 Å². The van der Waals surface area contributed by atoms with Gasteiger partial charge in [-0.25, -0.2) is 0 Å². The normalized spacial score (nSPS) is 18.0. The molecule has 1 aliphatic rings. The van der Waals surface area contributed by atoms with Gasteiger partial charge in [0, 0.05) is 5.41 Å². The van der Waals surface area contributed by atoms with Gasteiger partial charge in [0.05, 0.1) is 5.69 Å². The van der Waals surface area contributed by atoms with Crippen molar-refractivity contribution in [1.82, 2.24) is 5.32 Å². The number of rotatable bonds is 3. The largest absolute Gasteiger partial charge is 0.506 e. The third kappa shape index (κ3) is 3.07. The Morgan fingerprint density at radius 1 is 1.42 bits per heavy atom. The minimum Gasteiger partial charge on any atom is -0.506 e. The van der Waals surface area contributed by atoms with Crippen molar-refractivity contribution >= 4 is 11.6 Å². The first-order chi connectivity index (χ1) is 9.05. The number of aromatic hydroxyl groups is 1. The molecular formula is C15H22N2O2. The lowest BCUT2D eigenvalue weighted by Crippen LogP contribution is -2.42. The van der Waals surface area contributed by atoms with E-state index in [4.69, 9.17) is 0 Å². The summed E-state index contributed by atoms with van der Waals surface area (Å²) in [6, 6.07) is 5.36. The SMILES string of the molecule is CCc1ccc(O)c(NC(=O)C2(C)CCNCC2)c1. The summed E-state index contributed by atoms with van der Waals surface area (Å²) in [5.74, 6) is 0.126. The van der Waals surface area contributed by atoms with E-state index in [1.165, 1.54) is 0 Å². The predicted molar refractivity (Wildman–Crippen MR) is 76.3 cm³/mol. The van der Waals surface area contributed by atoms with Gasteiger partial charge in [-0.15, -0.1) is 0 Å². The average Bonchev–Trinajstić information content (AvgIpc) is 2.42. The van der Waals surface area contributed by atoms with Gasteiger partial charge in [0.2, 0.25) is 5.91 Å². The summed E-state index contributed by atoms with van der Waals surface area (Å²) in [5, 5.41) is 16.0. The van der Waals surface area contributed by atoms with Crippen LogP contribution in [0.1, 0.15) is 32.3 Å². The maximum Gasteiger partial charge on any atom is 0.230 e. The Balaban J connectivity index is 2.14. The molecule has 0 saturated carbocycles. The van der Waals surface area contributed by atoms with Gasteiger partial charge in [0.1, 0.15) is 5.75 Å². The van der Waals surface area contributed by atoms with E-state index in [0.29, 0.717) is 5.69 Å². The quantitative estimate of drug-likeness (QED) is 0.732. The van der Waals surface area contributed by atoms with Gasteiger partial charge in [-0.2, -0.15) is 0 Å². The highest BCUT2D eigenvalue weighted by Crippen LogP contribution is 2.32. The van der Waals surface area contributed by atoms with E-state index in [0.717, 1.165) is 37.9 Å². The van der Waals surface area contributed by atoms with Crippen LogP contribution in [0.25, 0.3) is 0 Å².